The summed E-state index contributed by atoms with van der Waals surface area (Å²) in [5, 5.41) is 8.08. The third kappa shape index (κ3) is 3.21. The van der Waals surface area contributed by atoms with Gasteiger partial charge in [-0.15, -0.1) is 0 Å². The second-order valence-corrected chi connectivity index (χ2v) is 8.04. The molecule has 8 heteroatoms. The molecule has 0 saturated carbocycles. The van der Waals surface area contributed by atoms with Gasteiger partial charge in [0.15, 0.2) is 0 Å². The fourth-order valence-electron chi connectivity index (χ4n) is 3.45. The maximum Gasteiger partial charge on any atom is 0.230 e. The van der Waals surface area contributed by atoms with E-state index in [0.717, 1.165) is 34.1 Å². The Kier molecular flexibility index (Phi) is 4.67. The predicted octanol–water partition coefficient (Wildman–Crippen LogP) is 2.81. The molecule has 136 valence electrons. The standard InChI is InChI=1S/C18H19ClN4O2S/c1-22-17(13-9-26-10-15(13)21-22)20-18(25)12-6-16(24)23(8-12)7-11-4-2-3-5-14(11)19/h2-5,12H,6-10H2,1H3,(H,20,25)/t12-/m0/s1. The fourth-order valence-corrected chi connectivity index (χ4v) is 4.68. The molecule has 0 unspecified atom stereocenters. The van der Waals surface area contributed by atoms with Gasteiger partial charge in [-0.1, -0.05) is 29.8 Å². The van der Waals surface area contributed by atoms with E-state index in [1.165, 1.54) is 0 Å². The number of nitrogens with zero attached hydrogens (tertiary/aromatic N) is 3. The van der Waals surface area contributed by atoms with Crippen LogP contribution in [0.15, 0.2) is 24.3 Å². The number of anilines is 1. The highest BCUT2D eigenvalue weighted by molar-refractivity contribution is 7.98. The largest absolute Gasteiger partial charge is 0.337 e. The van der Waals surface area contributed by atoms with E-state index in [4.69, 9.17) is 11.6 Å². The molecule has 1 atom stereocenters. The van der Waals surface area contributed by atoms with Crippen LogP contribution in [-0.4, -0.2) is 33.0 Å². The van der Waals surface area contributed by atoms with Crippen molar-refractivity contribution in [3.8, 4) is 0 Å². The number of nitrogens with one attached hydrogen (secondary N) is 1. The number of aryl methyl sites for hydroxylation is 1. The first-order valence-corrected chi connectivity index (χ1v) is 10.0. The van der Waals surface area contributed by atoms with Crippen molar-refractivity contribution in [2.24, 2.45) is 13.0 Å². The van der Waals surface area contributed by atoms with E-state index in [1.54, 1.807) is 21.3 Å². The minimum atomic E-state index is -0.357. The highest BCUT2D eigenvalue weighted by Crippen LogP contribution is 2.34. The van der Waals surface area contributed by atoms with Gasteiger partial charge in [0.1, 0.15) is 5.82 Å². The summed E-state index contributed by atoms with van der Waals surface area (Å²) in [6.07, 6.45) is 0.227. The Morgan fingerprint density at radius 2 is 2.19 bits per heavy atom. The molecule has 1 aromatic heterocycles. The number of hydrogen-bond donors (Lipinski definition) is 1. The van der Waals surface area contributed by atoms with Crippen LogP contribution in [0.5, 0.6) is 0 Å². The maximum absolute atomic E-state index is 12.7. The Bertz CT molecular complexity index is 882. The number of carbonyl (C=O) groups is 2. The molecule has 2 amide bonds. The van der Waals surface area contributed by atoms with Gasteiger partial charge in [-0.25, -0.2) is 0 Å². The number of thioether (sulfide) groups is 1. The first-order chi connectivity index (χ1) is 12.5. The first kappa shape index (κ1) is 17.4. The van der Waals surface area contributed by atoms with Crippen LogP contribution in [-0.2, 0) is 34.7 Å². The SMILES string of the molecule is Cn1nc2c(c1NC(=O)[C@H]1CC(=O)N(Cc3ccccc3Cl)C1)CSC2. The first-order valence-electron chi connectivity index (χ1n) is 8.47. The molecule has 1 N–H and O–H groups in total. The van der Waals surface area contributed by atoms with Gasteiger partial charge in [0.25, 0.3) is 0 Å². The van der Waals surface area contributed by atoms with E-state index >= 15 is 0 Å². The van der Waals surface area contributed by atoms with E-state index in [-0.39, 0.29) is 24.2 Å². The van der Waals surface area contributed by atoms with Crippen molar-refractivity contribution < 1.29 is 9.59 Å². The van der Waals surface area contributed by atoms with Gasteiger partial charge in [-0.05, 0) is 11.6 Å². The molecular formula is C18H19ClN4O2S. The van der Waals surface area contributed by atoms with Crippen LogP contribution in [0.25, 0.3) is 0 Å². The number of halogens is 1. The molecule has 0 spiro atoms. The van der Waals surface area contributed by atoms with Gasteiger partial charge in [-0.2, -0.15) is 16.9 Å². The van der Waals surface area contributed by atoms with Crippen molar-refractivity contribution >= 4 is 41.0 Å². The summed E-state index contributed by atoms with van der Waals surface area (Å²) in [6, 6.07) is 7.47. The number of fused-ring (bicyclic) bond motifs is 1. The van der Waals surface area contributed by atoms with Crippen LogP contribution in [0.1, 0.15) is 23.2 Å². The molecule has 1 aromatic carbocycles. The Labute approximate surface area is 160 Å². The van der Waals surface area contributed by atoms with Crippen LogP contribution in [0.4, 0.5) is 5.82 Å². The van der Waals surface area contributed by atoms with Gasteiger partial charge in [0.05, 0.1) is 11.6 Å². The van der Waals surface area contributed by atoms with Crippen molar-refractivity contribution in [1.29, 1.82) is 0 Å². The van der Waals surface area contributed by atoms with Gasteiger partial charge in [0.2, 0.25) is 11.8 Å². The normalized spacial score (nSPS) is 19.1. The van der Waals surface area contributed by atoms with Crippen LogP contribution in [0.2, 0.25) is 5.02 Å². The van der Waals surface area contributed by atoms with E-state index < -0.39 is 0 Å². The minimum Gasteiger partial charge on any atom is -0.337 e. The number of hydrogen-bond acceptors (Lipinski definition) is 4. The van der Waals surface area contributed by atoms with Crippen LogP contribution < -0.4 is 5.32 Å². The number of benzene rings is 1. The van der Waals surface area contributed by atoms with Crippen LogP contribution in [0.3, 0.4) is 0 Å². The van der Waals surface area contributed by atoms with Crippen molar-refractivity contribution in [3.63, 3.8) is 0 Å². The molecule has 2 aliphatic heterocycles. The summed E-state index contributed by atoms with van der Waals surface area (Å²) < 4.78 is 1.72. The highest BCUT2D eigenvalue weighted by Gasteiger charge is 2.35. The predicted molar refractivity (Wildman–Crippen MR) is 102 cm³/mol. The monoisotopic (exact) mass is 390 g/mol. The quantitative estimate of drug-likeness (QED) is 0.871. The molecule has 0 aliphatic carbocycles. The molecule has 26 heavy (non-hydrogen) atoms. The van der Waals surface area contributed by atoms with E-state index in [0.29, 0.717) is 18.1 Å². The third-order valence-electron chi connectivity index (χ3n) is 4.86. The number of likely N-dealkylation sites (tertiary alicyclic amines) is 1. The van der Waals surface area contributed by atoms with Crippen molar-refractivity contribution in [3.05, 3.63) is 46.1 Å². The molecule has 6 nitrogen and oxygen atoms in total. The zero-order chi connectivity index (χ0) is 18.3. The van der Waals surface area contributed by atoms with Gasteiger partial charge in [0, 0.05) is 48.6 Å². The smallest absolute Gasteiger partial charge is 0.230 e. The Hall–Kier alpha value is -1.99. The van der Waals surface area contributed by atoms with E-state index in [2.05, 4.69) is 10.4 Å². The lowest BCUT2D eigenvalue weighted by atomic mass is 10.1. The Morgan fingerprint density at radius 1 is 1.38 bits per heavy atom. The second kappa shape index (κ2) is 6.96. The molecule has 2 aliphatic rings. The molecule has 4 rings (SSSR count). The van der Waals surface area contributed by atoms with Gasteiger partial charge in [-0.3, -0.25) is 14.3 Å². The number of rotatable bonds is 4. The zero-order valence-corrected chi connectivity index (χ0v) is 15.9. The lowest BCUT2D eigenvalue weighted by Crippen LogP contribution is -2.28. The summed E-state index contributed by atoms with van der Waals surface area (Å²) in [5.41, 5.74) is 3.03. The summed E-state index contributed by atoms with van der Waals surface area (Å²) in [7, 11) is 1.84. The van der Waals surface area contributed by atoms with Crippen molar-refractivity contribution in [2.75, 3.05) is 11.9 Å². The average Bonchev–Trinajstić information content (AvgIpc) is 3.28. The second-order valence-electron chi connectivity index (χ2n) is 6.65. The molecule has 1 saturated heterocycles. The fraction of sp³-hybridized carbons (Fsp3) is 0.389. The topological polar surface area (TPSA) is 67.2 Å². The maximum atomic E-state index is 12.7. The molecular weight excluding hydrogens is 372 g/mol. The van der Waals surface area contributed by atoms with Crippen molar-refractivity contribution in [2.45, 2.75) is 24.5 Å². The summed E-state index contributed by atoms with van der Waals surface area (Å²) in [5.74, 6) is 2.00. The van der Waals surface area contributed by atoms with E-state index in [9.17, 15) is 9.59 Å². The lowest BCUT2D eigenvalue weighted by molar-refractivity contribution is -0.128. The Balaban J connectivity index is 1.44. The Morgan fingerprint density at radius 3 is 3.00 bits per heavy atom. The lowest BCUT2D eigenvalue weighted by Gasteiger charge is -2.17. The van der Waals surface area contributed by atoms with Crippen molar-refractivity contribution in [1.82, 2.24) is 14.7 Å². The summed E-state index contributed by atoms with van der Waals surface area (Å²) in [4.78, 5) is 26.8. The summed E-state index contributed by atoms with van der Waals surface area (Å²) >= 11 is 7.98. The molecule has 3 heterocycles. The minimum absolute atomic E-state index is 0.0177. The number of carbonyl (C=O) groups excluding carboxylic acids is 2. The molecule has 1 fully saturated rings. The van der Waals surface area contributed by atoms with E-state index in [1.807, 2.05) is 31.3 Å². The average molecular weight is 391 g/mol. The highest BCUT2D eigenvalue weighted by atomic mass is 35.5. The summed E-state index contributed by atoms with van der Waals surface area (Å²) in [6.45, 7) is 0.838. The van der Waals surface area contributed by atoms with Gasteiger partial charge >= 0.3 is 0 Å². The van der Waals surface area contributed by atoms with Gasteiger partial charge < -0.3 is 10.2 Å². The zero-order valence-electron chi connectivity index (χ0n) is 14.4. The molecule has 0 bridgehead atoms. The molecule has 2 aromatic rings. The van der Waals surface area contributed by atoms with Crippen LogP contribution in [0, 0.1) is 5.92 Å². The number of aromatic nitrogens is 2. The van der Waals surface area contributed by atoms with Crippen LogP contribution >= 0.6 is 23.4 Å². The molecule has 0 radical (unpaired) electrons. The number of amides is 2. The third-order valence-corrected chi connectivity index (χ3v) is 6.20.